The third kappa shape index (κ3) is 4.53. The molecule has 1 heterocycles. The van der Waals surface area contributed by atoms with Crippen molar-refractivity contribution < 1.29 is 13.6 Å². The molecule has 0 bridgehead atoms. The van der Waals surface area contributed by atoms with E-state index < -0.39 is 17.5 Å². The largest absolute Gasteiger partial charge is 0.278 e. The topological polar surface area (TPSA) is 57.6 Å². The number of benzene rings is 2. The molecule has 3 aromatic rings. The van der Waals surface area contributed by atoms with Gasteiger partial charge in [0.05, 0.1) is 23.3 Å². The van der Waals surface area contributed by atoms with Crippen molar-refractivity contribution in [2.75, 3.05) is 10.3 Å². The number of thiazole rings is 1. The van der Waals surface area contributed by atoms with E-state index in [9.17, 15) is 13.6 Å². The van der Waals surface area contributed by atoms with Crippen LogP contribution in [0.4, 0.5) is 25.3 Å². The number of aromatic nitrogens is 1. The van der Waals surface area contributed by atoms with E-state index in [2.05, 4.69) is 15.5 Å². The van der Waals surface area contributed by atoms with Crippen molar-refractivity contribution in [2.45, 2.75) is 13.8 Å². The lowest BCUT2D eigenvalue weighted by molar-refractivity contribution is -0.115. The molecular formula is C19H16F2N4OS. The SMILES string of the molecule is CC(=O)N(c1nc(/C=N\Nc2ccc(C)cc2)cs1)c1ccc(F)cc1F. The molecule has 138 valence electrons. The minimum Gasteiger partial charge on any atom is -0.278 e. The number of hydrazone groups is 1. The smallest absolute Gasteiger partial charge is 0.230 e. The molecule has 0 aliphatic heterocycles. The van der Waals surface area contributed by atoms with Crippen molar-refractivity contribution in [1.82, 2.24) is 4.98 Å². The zero-order valence-electron chi connectivity index (χ0n) is 14.6. The Hall–Kier alpha value is -3.13. The highest BCUT2D eigenvalue weighted by Gasteiger charge is 2.21. The Morgan fingerprint density at radius 1 is 1.22 bits per heavy atom. The van der Waals surface area contributed by atoms with Gasteiger partial charge in [-0.3, -0.25) is 15.1 Å². The van der Waals surface area contributed by atoms with Gasteiger partial charge >= 0.3 is 0 Å². The van der Waals surface area contributed by atoms with Crippen LogP contribution < -0.4 is 10.3 Å². The average Bonchev–Trinajstić information content (AvgIpc) is 3.07. The second-order valence-electron chi connectivity index (χ2n) is 5.74. The van der Waals surface area contributed by atoms with Crippen LogP contribution in [0.25, 0.3) is 0 Å². The van der Waals surface area contributed by atoms with Gasteiger partial charge in [0.15, 0.2) is 5.13 Å². The van der Waals surface area contributed by atoms with Gasteiger partial charge in [-0.1, -0.05) is 17.7 Å². The number of hydrogen-bond donors (Lipinski definition) is 1. The van der Waals surface area contributed by atoms with E-state index in [1.807, 2.05) is 31.2 Å². The van der Waals surface area contributed by atoms with Gasteiger partial charge in [0, 0.05) is 18.4 Å². The van der Waals surface area contributed by atoms with Crippen LogP contribution in [0.1, 0.15) is 18.2 Å². The summed E-state index contributed by atoms with van der Waals surface area (Å²) >= 11 is 1.16. The zero-order chi connectivity index (χ0) is 19.4. The van der Waals surface area contributed by atoms with Gasteiger partial charge in [-0.25, -0.2) is 13.8 Å². The maximum atomic E-state index is 14.1. The molecule has 5 nitrogen and oxygen atoms in total. The van der Waals surface area contributed by atoms with Crippen LogP contribution in [0.3, 0.4) is 0 Å². The van der Waals surface area contributed by atoms with E-state index in [4.69, 9.17) is 0 Å². The van der Waals surface area contributed by atoms with E-state index in [1.54, 1.807) is 5.38 Å². The maximum Gasteiger partial charge on any atom is 0.230 e. The van der Waals surface area contributed by atoms with Gasteiger partial charge in [0.2, 0.25) is 5.91 Å². The molecule has 27 heavy (non-hydrogen) atoms. The van der Waals surface area contributed by atoms with Crippen LogP contribution in [0.5, 0.6) is 0 Å². The summed E-state index contributed by atoms with van der Waals surface area (Å²) in [6, 6.07) is 10.7. The van der Waals surface area contributed by atoms with Gasteiger partial charge in [-0.15, -0.1) is 11.3 Å². The summed E-state index contributed by atoms with van der Waals surface area (Å²) < 4.78 is 27.2. The lowest BCUT2D eigenvalue weighted by Gasteiger charge is -2.18. The number of aryl methyl sites for hydroxylation is 1. The number of anilines is 3. The Bertz CT molecular complexity index is 986. The number of halogens is 2. The first kappa shape index (κ1) is 18.7. The average molecular weight is 386 g/mol. The van der Waals surface area contributed by atoms with Gasteiger partial charge in [-0.2, -0.15) is 5.10 Å². The van der Waals surface area contributed by atoms with Crippen molar-refractivity contribution in [3.05, 3.63) is 70.7 Å². The van der Waals surface area contributed by atoms with Gasteiger partial charge < -0.3 is 0 Å². The second-order valence-corrected chi connectivity index (χ2v) is 6.58. The number of nitrogens with one attached hydrogen (secondary N) is 1. The lowest BCUT2D eigenvalue weighted by Crippen LogP contribution is -2.23. The fourth-order valence-electron chi connectivity index (χ4n) is 2.31. The summed E-state index contributed by atoms with van der Waals surface area (Å²) in [5, 5.41) is 6.06. The van der Waals surface area contributed by atoms with Gasteiger partial charge in [0.25, 0.3) is 0 Å². The highest BCUT2D eigenvalue weighted by Crippen LogP contribution is 2.30. The molecule has 8 heteroatoms. The van der Waals surface area contributed by atoms with Crippen molar-refractivity contribution in [3.8, 4) is 0 Å². The zero-order valence-corrected chi connectivity index (χ0v) is 15.4. The molecule has 0 saturated heterocycles. The molecule has 0 aliphatic rings. The molecule has 3 rings (SSSR count). The van der Waals surface area contributed by atoms with Crippen molar-refractivity contribution in [1.29, 1.82) is 0 Å². The summed E-state index contributed by atoms with van der Waals surface area (Å²) in [5.41, 5.74) is 5.30. The molecule has 0 saturated carbocycles. The van der Waals surface area contributed by atoms with Gasteiger partial charge in [0.1, 0.15) is 11.6 Å². The second kappa shape index (κ2) is 8.05. The minimum atomic E-state index is -0.836. The Balaban J connectivity index is 1.78. The number of hydrogen-bond acceptors (Lipinski definition) is 5. The molecule has 0 atom stereocenters. The van der Waals surface area contributed by atoms with Crippen LogP contribution in [0, 0.1) is 18.6 Å². The van der Waals surface area contributed by atoms with E-state index in [-0.39, 0.29) is 10.8 Å². The molecule has 0 spiro atoms. The number of carbonyl (C=O) groups excluding carboxylic acids is 1. The molecule has 1 amide bonds. The van der Waals surface area contributed by atoms with Crippen LogP contribution in [-0.2, 0) is 4.79 Å². The first-order valence-corrected chi connectivity index (χ1v) is 8.89. The van der Waals surface area contributed by atoms with Crippen molar-refractivity contribution in [2.24, 2.45) is 5.10 Å². The van der Waals surface area contributed by atoms with Crippen LogP contribution in [0.15, 0.2) is 52.9 Å². The number of rotatable bonds is 5. The number of carbonyl (C=O) groups is 1. The summed E-state index contributed by atoms with van der Waals surface area (Å²) in [6.07, 6.45) is 1.50. The highest BCUT2D eigenvalue weighted by atomic mass is 32.1. The third-order valence-corrected chi connectivity index (χ3v) is 4.45. The van der Waals surface area contributed by atoms with Crippen molar-refractivity contribution in [3.63, 3.8) is 0 Å². The fourth-order valence-corrected chi connectivity index (χ4v) is 3.14. The lowest BCUT2D eigenvalue weighted by atomic mass is 10.2. The molecule has 2 aromatic carbocycles. The predicted molar refractivity (Wildman–Crippen MR) is 104 cm³/mol. The van der Waals surface area contributed by atoms with Crippen LogP contribution >= 0.6 is 11.3 Å². The first-order chi connectivity index (χ1) is 12.9. The monoisotopic (exact) mass is 386 g/mol. The van der Waals surface area contributed by atoms with Crippen molar-refractivity contribution >= 4 is 40.0 Å². The summed E-state index contributed by atoms with van der Waals surface area (Å²) in [5.74, 6) is -1.98. The Morgan fingerprint density at radius 2 is 1.96 bits per heavy atom. The predicted octanol–water partition coefficient (Wildman–Crippen LogP) is 4.86. The van der Waals surface area contributed by atoms with Crippen LogP contribution in [-0.4, -0.2) is 17.1 Å². The Labute approximate surface area is 159 Å². The first-order valence-electron chi connectivity index (χ1n) is 8.01. The summed E-state index contributed by atoms with van der Waals surface area (Å²) in [6.45, 7) is 3.28. The molecule has 0 aliphatic carbocycles. The van der Waals surface area contributed by atoms with E-state index in [0.717, 1.165) is 39.6 Å². The van der Waals surface area contributed by atoms with E-state index in [0.29, 0.717) is 5.69 Å². The number of nitrogens with zero attached hydrogens (tertiary/aromatic N) is 3. The molecular weight excluding hydrogens is 370 g/mol. The molecule has 1 aromatic heterocycles. The fraction of sp³-hybridized carbons (Fsp3) is 0.105. The third-order valence-electron chi connectivity index (χ3n) is 3.61. The standard InChI is InChI=1S/C19H16F2N4OS/c1-12-3-6-15(7-4-12)24-22-10-16-11-27-19(23-16)25(13(2)26)18-8-5-14(20)9-17(18)21/h3-11,24H,1-2H3/b22-10-. The van der Waals surface area contributed by atoms with Crippen LogP contribution in [0.2, 0.25) is 0 Å². The molecule has 0 unspecified atom stereocenters. The normalized spacial score (nSPS) is 11.0. The molecule has 0 fully saturated rings. The van der Waals surface area contributed by atoms with E-state index >= 15 is 0 Å². The highest BCUT2D eigenvalue weighted by molar-refractivity contribution is 7.14. The van der Waals surface area contributed by atoms with E-state index in [1.165, 1.54) is 19.2 Å². The Morgan fingerprint density at radius 3 is 2.63 bits per heavy atom. The quantitative estimate of drug-likeness (QED) is 0.503. The summed E-state index contributed by atoms with van der Waals surface area (Å²) in [7, 11) is 0. The van der Waals surface area contributed by atoms with Gasteiger partial charge in [-0.05, 0) is 31.2 Å². The maximum absolute atomic E-state index is 14.1. The number of amides is 1. The Kier molecular flexibility index (Phi) is 5.56. The summed E-state index contributed by atoms with van der Waals surface area (Å²) in [4.78, 5) is 17.4. The molecule has 1 N–H and O–H groups in total. The molecule has 0 radical (unpaired) electrons. The minimum absolute atomic E-state index is 0.0560.